The van der Waals surface area contributed by atoms with Gasteiger partial charge in [0.25, 0.3) is 0 Å². The largest absolute Gasteiger partial charge is 0.476 e. The predicted octanol–water partition coefficient (Wildman–Crippen LogP) is 1.91. The van der Waals surface area contributed by atoms with E-state index in [1.165, 1.54) is 11.9 Å². The molecule has 6 heteroatoms. The van der Waals surface area contributed by atoms with Crippen molar-refractivity contribution in [3.05, 3.63) is 48.5 Å². The van der Waals surface area contributed by atoms with Crippen LogP contribution < -0.4 is 10.1 Å². The van der Waals surface area contributed by atoms with Gasteiger partial charge in [0, 0.05) is 6.54 Å². The first-order valence-corrected chi connectivity index (χ1v) is 6.95. The maximum absolute atomic E-state index is 5.67. The Morgan fingerprint density at radius 2 is 2.00 bits per heavy atom. The van der Waals surface area contributed by atoms with Gasteiger partial charge in [-0.3, -0.25) is 0 Å². The zero-order chi connectivity index (χ0) is 14.3. The van der Waals surface area contributed by atoms with Crippen molar-refractivity contribution >= 4 is 11.2 Å². The second-order valence-electron chi connectivity index (χ2n) is 4.64. The van der Waals surface area contributed by atoms with Crippen molar-refractivity contribution in [1.29, 1.82) is 0 Å². The van der Waals surface area contributed by atoms with Crippen molar-refractivity contribution in [2.24, 2.45) is 0 Å². The van der Waals surface area contributed by atoms with Gasteiger partial charge in [-0.25, -0.2) is 9.97 Å². The van der Waals surface area contributed by atoms with Crippen LogP contribution in [-0.4, -0.2) is 33.1 Å². The molecule has 21 heavy (non-hydrogen) atoms. The molecular formula is C15H17N5O. The van der Waals surface area contributed by atoms with Crippen molar-refractivity contribution in [3.8, 4) is 5.88 Å². The van der Waals surface area contributed by atoms with Crippen molar-refractivity contribution in [1.82, 2.24) is 25.3 Å². The summed E-state index contributed by atoms with van der Waals surface area (Å²) in [4.78, 5) is 15.2. The lowest BCUT2D eigenvalue weighted by Crippen LogP contribution is -2.17. The van der Waals surface area contributed by atoms with E-state index in [9.17, 15) is 0 Å². The first kappa shape index (κ1) is 13.5. The Balaban J connectivity index is 1.40. The van der Waals surface area contributed by atoms with Gasteiger partial charge >= 0.3 is 0 Å². The lowest BCUT2D eigenvalue weighted by atomic mass is 10.2. The maximum atomic E-state index is 5.67. The van der Waals surface area contributed by atoms with Gasteiger partial charge in [-0.05, 0) is 18.5 Å². The number of nitrogens with zero attached hydrogens (tertiary/aromatic N) is 3. The summed E-state index contributed by atoms with van der Waals surface area (Å²) in [6.45, 7) is 2.37. The molecule has 2 aromatic heterocycles. The summed E-state index contributed by atoms with van der Waals surface area (Å²) >= 11 is 0. The van der Waals surface area contributed by atoms with E-state index in [1.807, 2.05) is 18.2 Å². The number of ether oxygens (including phenoxy) is 1. The molecule has 0 aliphatic carbocycles. The highest BCUT2D eigenvalue weighted by molar-refractivity contribution is 5.74. The molecule has 1 aromatic carbocycles. The van der Waals surface area contributed by atoms with E-state index in [2.05, 4.69) is 37.4 Å². The lowest BCUT2D eigenvalue weighted by molar-refractivity contribution is 0.299. The summed E-state index contributed by atoms with van der Waals surface area (Å²) in [5, 5.41) is 3.39. The smallest absolute Gasteiger partial charge is 0.243 e. The number of nitrogens with one attached hydrogen (secondary N) is 2. The molecule has 2 heterocycles. The fraction of sp³-hybridized carbons (Fsp3) is 0.267. The molecule has 0 fully saturated rings. The van der Waals surface area contributed by atoms with Crippen molar-refractivity contribution in [2.45, 2.75) is 13.0 Å². The zero-order valence-electron chi connectivity index (χ0n) is 11.6. The van der Waals surface area contributed by atoms with Crippen LogP contribution in [-0.2, 0) is 6.54 Å². The summed E-state index contributed by atoms with van der Waals surface area (Å²) in [5.41, 5.74) is 2.66. The van der Waals surface area contributed by atoms with Crippen LogP contribution in [0, 0.1) is 0 Å². The van der Waals surface area contributed by atoms with Crippen LogP contribution in [0.25, 0.3) is 11.2 Å². The number of rotatable bonds is 7. The van der Waals surface area contributed by atoms with E-state index in [0.29, 0.717) is 18.1 Å². The molecule has 0 aliphatic heterocycles. The Labute approximate surface area is 122 Å². The Kier molecular flexibility index (Phi) is 4.38. The van der Waals surface area contributed by atoms with Crippen molar-refractivity contribution < 1.29 is 4.74 Å². The van der Waals surface area contributed by atoms with Crippen LogP contribution in [0.15, 0.2) is 43.0 Å². The van der Waals surface area contributed by atoms with E-state index < -0.39 is 0 Å². The summed E-state index contributed by atoms with van der Waals surface area (Å²) in [5.74, 6) is 0.556. The molecule has 108 valence electrons. The Morgan fingerprint density at radius 1 is 1.10 bits per heavy atom. The molecule has 0 saturated heterocycles. The van der Waals surface area contributed by atoms with Crippen LogP contribution in [0.3, 0.4) is 0 Å². The molecule has 0 spiro atoms. The highest BCUT2D eigenvalue weighted by Crippen LogP contribution is 2.16. The minimum atomic E-state index is 0.556. The fourth-order valence-corrected chi connectivity index (χ4v) is 2.05. The first-order valence-electron chi connectivity index (χ1n) is 6.95. The monoisotopic (exact) mass is 283 g/mol. The molecule has 0 aliphatic rings. The van der Waals surface area contributed by atoms with Gasteiger partial charge in [0.2, 0.25) is 5.88 Å². The van der Waals surface area contributed by atoms with Gasteiger partial charge < -0.3 is 15.0 Å². The normalized spacial score (nSPS) is 10.9. The van der Waals surface area contributed by atoms with Gasteiger partial charge in [0.05, 0.1) is 12.9 Å². The number of benzene rings is 1. The number of fused-ring (bicyclic) bond motifs is 1. The van der Waals surface area contributed by atoms with E-state index in [4.69, 9.17) is 4.74 Å². The minimum absolute atomic E-state index is 0.556. The maximum Gasteiger partial charge on any atom is 0.243 e. The second-order valence-corrected chi connectivity index (χ2v) is 4.64. The van der Waals surface area contributed by atoms with Gasteiger partial charge in [-0.15, -0.1) is 0 Å². The third kappa shape index (κ3) is 3.55. The molecule has 0 unspecified atom stereocenters. The van der Waals surface area contributed by atoms with Crippen LogP contribution >= 0.6 is 0 Å². The first-order chi connectivity index (χ1) is 10.4. The molecule has 3 rings (SSSR count). The third-order valence-corrected chi connectivity index (χ3v) is 3.10. The number of hydrogen-bond acceptors (Lipinski definition) is 5. The van der Waals surface area contributed by atoms with Crippen LogP contribution in [0.4, 0.5) is 0 Å². The Hall–Kier alpha value is -2.47. The van der Waals surface area contributed by atoms with E-state index in [1.54, 1.807) is 6.33 Å². The molecule has 0 radical (unpaired) electrons. The number of H-pyrrole nitrogens is 1. The quantitative estimate of drug-likeness (QED) is 0.648. The molecule has 0 atom stereocenters. The summed E-state index contributed by atoms with van der Waals surface area (Å²) in [7, 11) is 0. The Morgan fingerprint density at radius 3 is 2.90 bits per heavy atom. The van der Waals surface area contributed by atoms with Crippen LogP contribution in [0.2, 0.25) is 0 Å². The lowest BCUT2D eigenvalue weighted by Gasteiger charge is -2.07. The second kappa shape index (κ2) is 6.81. The van der Waals surface area contributed by atoms with Crippen LogP contribution in [0.5, 0.6) is 5.88 Å². The summed E-state index contributed by atoms with van der Waals surface area (Å²) in [6.07, 6.45) is 3.96. The van der Waals surface area contributed by atoms with E-state index >= 15 is 0 Å². The summed E-state index contributed by atoms with van der Waals surface area (Å²) < 4.78 is 5.67. The number of imidazole rings is 1. The van der Waals surface area contributed by atoms with Crippen molar-refractivity contribution in [3.63, 3.8) is 0 Å². The zero-order valence-corrected chi connectivity index (χ0v) is 11.6. The Bertz CT molecular complexity index is 683. The van der Waals surface area contributed by atoms with E-state index in [-0.39, 0.29) is 0 Å². The average Bonchev–Trinajstić information content (AvgIpc) is 3.01. The van der Waals surface area contributed by atoms with Gasteiger partial charge in [-0.1, -0.05) is 30.3 Å². The van der Waals surface area contributed by atoms with Crippen LogP contribution in [0.1, 0.15) is 12.0 Å². The topological polar surface area (TPSA) is 75.7 Å². The highest BCUT2D eigenvalue weighted by Gasteiger charge is 2.06. The SMILES string of the molecule is c1ccc(CNCCCOc2ncnc3nc[nH]c23)cc1. The average molecular weight is 283 g/mol. The molecular weight excluding hydrogens is 266 g/mol. The van der Waals surface area contributed by atoms with Gasteiger partial charge in [0.15, 0.2) is 5.65 Å². The highest BCUT2D eigenvalue weighted by atomic mass is 16.5. The fourth-order valence-electron chi connectivity index (χ4n) is 2.05. The number of aromatic nitrogens is 4. The molecule has 3 aromatic rings. The molecule has 2 N–H and O–H groups in total. The van der Waals surface area contributed by atoms with E-state index in [0.717, 1.165) is 25.0 Å². The molecule has 0 saturated carbocycles. The molecule has 0 amide bonds. The molecule has 0 bridgehead atoms. The van der Waals surface area contributed by atoms with Crippen molar-refractivity contribution in [2.75, 3.05) is 13.2 Å². The predicted molar refractivity (Wildman–Crippen MR) is 79.9 cm³/mol. The number of aromatic amines is 1. The minimum Gasteiger partial charge on any atom is -0.476 e. The van der Waals surface area contributed by atoms with Gasteiger partial charge in [-0.2, -0.15) is 4.98 Å². The molecule has 6 nitrogen and oxygen atoms in total. The van der Waals surface area contributed by atoms with Gasteiger partial charge in [0.1, 0.15) is 11.8 Å². The third-order valence-electron chi connectivity index (χ3n) is 3.10. The standard InChI is InChI=1S/C15H17N5O/c1-2-5-12(6-3-1)9-16-7-4-8-21-15-13-14(18-10-17-13)19-11-20-15/h1-3,5-6,10-11,16H,4,7-9H2,(H,17,18,19,20). The number of hydrogen-bond donors (Lipinski definition) is 2. The summed E-state index contributed by atoms with van der Waals surface area (Å²) in [6, 6.07) is 10.3.